The highest BCUT2D eigenvalue weighted by molar-refractivity contribution is 6.02. The molecule has 2 aromatic carbocycles. The zero-order chi connectivity index (χ0) is 17.8. The van der Waals surface area contributed by atoms with Crippen molar-refractivity contribution >= 4 is 17.3 Å². The van der Waals surface area contributed by atoms with Crippen LogP contribution < -0.4 is 4.74 Å². The highest BCUT2D eigenvalue weighted by Gasteiger charge is 2.22. The molecule has 0 N–H and O–H groups in total. The number of nitrogens with zero attached hydrogens (tertiary/aromatic N) is 3. The second-order valence-electron chi connectivity index (χ2n) is 5.67. The number of amides is 1. The number of carbonyl (C=O) groups excluding carboxylic acids is 1. The second-order valence-corrected chi connectivity index (χ2v) is 5.67. The number of carbonyl (C=O) groups is 1. The molecule has 3 rings (SSSR count). The van der Waals surface area contributed by atoms with Crippen molar-refractivity contribution in [2.45, 2.75) is 13.3 Å². The van der Waals surface area contributed by atoms with Gasteiger partial charge in [0.25, 0.3) is 11.6 Å². The van der Waals surface area contributed by atoms with E-state index in [2.05, 4.69) is 5.10 Å². The van der Waals surface area contributed by atoms with Crippen molar-refractivity contribution in [3.8, 4) is 5.75 Å². The molecule has 0 fully saturated rings. The van der Waals surface area contributed by atoms with Gasteiger partial charge in [-0.1, -0.05) is 30.3 Å². The van der Waals surface area contributed by atoms with Crippen molar-refractivity contribution in [2.24, 2.45) is 5.10 Å². The first-order valence-corrected chi connectivity index (χ1v) is 7.85. The summed E-state index contributed by atoms with van der Waals surface area (Å²) in [4.78, 5) is 22.6. The second kappa shape index (κ2) is 7.12. The lowest BCUT2D eigenvalue weighted by molar-refractivity contribution is -0.385. The molecule has 1 amide bonds. The number of hydrazone groups is 1. The molecule has 0 unspecified atom stereocenters. The van der Waals surface area contributed by atoms with Gasteiger partial charge in [0.2, 0.25) is 0 Å². The highest BCUT2D eigenvalue weighted by Crippen LogP contribution is 2.23. The van der Waals surface area contributed by atoms with E-state index in [4.69, 9.17) is 4.74 Å². The van der Waals surface area contributed by atoms with Crippen LogP contribution in [0.25, 0.3) is 0 Å². The van der Waals surface area contributed by atoms with Crippen LogP contribution in [-0.2, 0) is 4.79 Å². The molecule has 1 heterocycles. The maximum Gasteiger partial charge on any atom is 0.280 e. The molecule has 1 aliphatic rings. The molecule has 0 spiro atoms. The Kier molecular flexibility index (Phi) is 4.74. The minimum absolute atomic E-state index is 0.0234. The van der Waals surface area contributed by atoms with Gasteiger partial charge in [0.1, 0.15) is 5.75 Å². The van der Waals surface area contributed by atoms with Crippen LogP contribution in [0.4, 0.5) is 5.69 Å². The summed E-state index contributed by atoms with van der Waals surface area (Å²) in [5.74, 6) is 0.171. The molecular formula is C18H17N3O4. The lowest BCUT2D eigenvalue weighted by Gasteiger charge is -2.12. The number of hydrogen-bond acceptors (Lipinski definition) is 5. The molecule has 0 radical (unpaired) electrons. The van der Waals surface area contributed by atoms with Crippen LogP contribution in [0.2, 0.25) is 0 Å². The summed E-state index contributed by atoms with van der Waals surface area (Å²) in [6, 6.07) is 14.1. The standard InChI is InChI=1S/C18H17N3O4/c1-13-11-15(7-8-17(13)21(23)24)25-12-18(22)20-10-9-16(19-20)14-5-3-2-4-6-14/h2-8,11H,9-10,12H2,1H3. The molecule has 2 aromatic rings. The average Bonchev–Trinajstić information content (AvgIpc) is 3.10. The molecule has 128 valence electrons. The number of benzene rings is 2. The van der Waals surface area contributed by atoms with Gasteiger partial charge in [-0.15, -0.1) is 0 Å². The Morgan fingerprint density at radius 1 is 1.28 bits per heavy atom. The van der Waals surface area contributed by atoms with Crippen molar-refractivity contribution in [1.82, 2.24) is 5.01 Å². The summed E-state index contributed by atoms with van der Waals surface area (Å²) in [6.07, 6.45) is 0.701. The SMILES string of the molecule is Cc1cc(OCC(=O)N2CCC(c3ccccc3)=N2)ccc1[N+](=O)[O-]. The van der Waals surface area contributed by atoms with Gasteiger partial charge < -0.3 is 4.74 Å². The first-order valence-electron chi connectivity index (χ1n) is 7.85. The molecule has 25 heavy (non-hydrogen) atoms. The third-order valence-electron chi connectivity index (χ3n) is 3.92. The molecule has 0 saturated heterocycles. The van der Waals surface area contributed by atoms with Crippen LogP contribution in [-0.4, -0.2) is 34.7 Å². The predicted octanol–water partition coefficient (Wildman–Crippen LogP) is 2.92. The van der Waals surface area contributed by atoms with Gasteiger partial charge in [-0.3, -0.25) is 14.9 Å². The molecule has 7 nitrogen and oxygen atoms in total. The normalized spacial score (nSPS) is 13.5. The van der Waals surface area contributed by atoms with Crippen LogP contribution in [0.5, 0.6) is 5.75 Å². The first kappa shape index (κ1) is 16.6. The Morgan fingerprint density at radius 2 is 2.04 bits per heavy atom. The summed E-state index contributed by atoms with van der Waals surface area (Å²) < 4.78 is 5.45. The quantitative estimate of drug-likeness (QED) is 0.619. The van der Waals surface area contributed by atoms with E-state index in [-0.39, 0.29) is 18.2 Å². The molecular weight excluding hydrogens is 322 g/mol. The van der Waals surface area contributed by atoms with Crippen LogP contribution in [0.3, 0.4) is 0 Å². The van der Waals surface area contributed by atoms with Crippen LogP contribution >= 0.6 is 0 Å². The van der Waals surface area contributed by atoms with E-state index in [0.717, 1.165) is 11.3 Å². The fourth-order valence-corrected chi connectivity index (χ4v) is 2.61. The lowest BCUT2D eigenvalue weighted by Crippen LogP contribution is -2.28. The van der Waals surface area contributed by atoms with Crippen molar-refractivity contribution < 1.29 is 14.5 Å². The smallest absolute Gasteiger partial charge is 0.280 e. The Morgan fingerprint density at radius 3 is 2.72 bits per heavy atom. The number of nitro groups is 1. The van der Waals surface area contributed by atoms with Crippen molar-refractivity contribution in [1.29, 1.82) is 0 Å². The fraction of sp³-hybridized carbons (Fsp3) is 0.222. The third-order valence-corrected chi connectivity index (χ3v) is 3.92. The predicted molar refractivity (Wildman–Crippen MR) is 92.6 cm³/mol. The van der Waals surface area contributed by atoms with E-state index < -0.39 is 4.92 Å². The van der Waals surface area contributed by atoms with Gasteiger partial charge in [0, 0.05) is 18.1 Å². The van der Waals surface area contributed by atoms with Crippen LogP contribution in [0.15, 0.2) is 53.6 Å². The Balaban J connectivity index is 1.61. The third kappa shape index (κ3) is 3.82. The first-order chi connectivity index (χ1) is 12.0. The summed E-state index contributed by atoms with van der Waals surface area (Å²) in [5.41, 5.74) is 2.39. The summed E-state index contributed by atoms with van der Waals surface area (Å²) in [5, 5.41) is 16.6. The minimum atomic E-state index is -0.450. The number of aryl methyl sites for hydroxylation is 1. The maximum absolute atomic E-state index is 12.2. The molecule has 0 aromatic heterocycles. The Bertz CT molecular complexity index is 833. The molecule has 0 bridgehead atoms. The van der Waals surface area contributed by atoms with E-state index in [1.807, 2.05) is 30.3 Å². The monoisotopic (exact) mass is 339 g/mol. The van der Waals surface area contributed by atoms with Crippen molar-refractivity contribution in [3.05, 3.63) is 69.8 Å². The highest BCUT2D eigenvalue weighted by atomic mass is 16.6. The van der Waals surface area contributed by atoms with Gasteiger partial charge in [0.15, 0.2) is 6.61 Å². The van der Waals surface area contributed by atoms with Gasteiger partial charge in [-0.25, -0.2) is 5.01 Å². The zero-order valence-corrected chi connectivity index (χ0v) is 13.7. The number of ether oxygens (including phenoxy) is 1. The van der Waals surface area contributed by atoms with Crippen LogP contribution in [0.1, 0.15) is 17.5 Å². The molecule has 7 heteroatoms. The van der Waals surface area contributed by atoms with Crippen molar-refractivity contribution in [2.75, 3.05) is 13.2 Å². The number of hydrogen-bond donors (Lipinski definition) is 0. The van der Waals surface area contributed by atoms with E-state index in [1.165, 1.54) is 17.1 Å². The topological polar surface area (TPSA) is 85.0 Å². The van der Waals surface area contributed by atoms with E-state index in [0.29, 0.717) is 24.3 Å². The maximum atomic E-state index is 12.2. The fourth-order valence-electron chi connectivity index (χ4n) is 2.61. The molecule has 1 aliphatic heterocycles. The molecule has 0 saturated carbocycles. The van der Waals surface area contributed by atoms with Gasteiger partial charge >= 0.3 is 0 Å². The summed E-state index contributed by atoms with van der Waals surface area (Å²) in [7, 11) is 0. The zero-order valence-electron chi connectivity index (χ0n) is 13.7. The number of rotatable bonds is 5. The summed E-state index contributed by atoms with van der Waals surface area (Å²) >= 11 is 0. The summed E-state index contributed by atoms with van der Waals surface area (Å²) in [6.45, 7) is 1.98. The van der Waals surface area contributed by atoms with E-state index in [1.54, 1.807) is 13.0 Å². The largest absolute Gasteiger partial charge is 0.484 e. The van der Waals surface area contributed by atoms with E-state index in [9.17, 15) is 14.9 Å². The Labute approximate surface area is 144 Å². The van der Waals surface area contributed by atoms with Gasteiger partial charge in [-0.05, 0) is 24.6 Å². The van der Waals surface area contributed by atoms with Gasteiger partial charge in [0.05, 0.1) is 17.2 Å². The molecule has 0 atom stereocenters. The van der Waals surface area contributed by atoms with E-state index >= 15 is 0 Å². The van der Waals surface area contributed by atoms with Gasteiger partial charge in [-0.2, -0.15) is 5.10 Å². The lowest BCUT2D eigenvalue weighted by atomic mass is 10.1. The Hall–Kier alpha value is -3.22. The molecule has 0 aliphatic carbocycles. The average molecular weight is 339 g/mol. The minimum Gasteiger partial charge on any atom is -0.484 e. The van der Waals surface area contributed by atoms with Crippen LogP contribution in [0, 0.1) is 17.0 Å². The number of nitro benzene ring substituents is 1. The van der Waals surface area contributed by atoms with Crippen molar-refractivity contribution in [3.63, 3.8) is 0 Å².